The van der Waals surface area contributed by atoms with Crippen LogP contribution in [-0.4, -0.2) is 9.97 Å². The molecule has 0 spiro atoms. The lowest BCUT2D eigenvalue weighted by Gasteiger charge is -2.05. The minimum atomic E-state index is -0.312. The quantitative estimate of drug-likeness (QED) is 0.807. The number of ether oxygens (including phenoxy) is 1. The van der Waals surface area contributed by atoms with E-state index in [2.05, 4.69) is 9.97 Å². The summed E-state index contributed by atoms with van der Waals surface area (Å²) >= 11 is 1.60. The lowest BCUT2D eigenvalue weighted by atomic mass is 10.2. The summed E-state index contributed by atoms with van der Waals surface area (Å²) in [5.74, 6) is 0.716. The molecule has 0 radical (unpaired) electrons. The van der Waals surface area contributed by atoms with E-state index in [1.165, 1.54) is 22.6 Å². The fourth-order valence-corrected chi connectivity index (χ4v) is 4.08. The molecule has 22 heavy (non-hydrogen) atoms. The van der Waals surface area contributed by atoms with Crippen molar-refractivity contribution in [1.82, 2.24) is 9.97 Å². The van der Waals surface area contributed by atoms with Gasteiger partial charge >= 0.3 is 0 Å². The summed E-state index contributed by atoms with van der Waals surface area (Å²) < 4.78 is 18.4. The molecule has 4 nitrogen and oxygen atoms in total. The SMILES string of the molecule is O=c1[nH]c(COc2ccc(F)cc2)nc2sc3c(c12)CCC3. The Labute approximate surface area is 129 Å². The largest absolute Gasteiger partial charge is 0.486 e. The van der Waals surface area contributed by atoms with Crippen LogP contribution in [0.15, 0.2) is 29.1 Å². The van der Waals surface area contributed by atoms with Crippen molar-refractivity contribution in [2.45, 2.75) is 25.9 Å². The van der Waals surface area contributed by atoms with E-state index in [9.17, 15) is 9.18 Å². The number of fused-ring (bicyclic) bond motifs is 3. The van der Waals surface area contributed by atoms with Crippen LogP contribution in [0.5, 0.6) is 5.75 Å². The van der Waals surface area contributed by atoms with Gasteiger partial charge in [-0.05, 0) is 49.1 Å². The van der Waals surface area contributed by atoms with Crippen LogP contribution in [-0.2, 0) is 19.4 Å². The van der Waals surface area contributed by atoms with E-state index in [-0.39, 0.29) is 18.0 Å². The number of nitrogens with one attached hydrogen (secondary N) is 1. The van der Waals surface area contributed by atoms with Gasteiger partial charge < -0.3 is 9.72 Å². The van der Waals surface area contributed by atoms with Crippen molar-refractivity contribution in [3.05, 3.63) is 56.7 Å². The van der Waals surface area contributed by atoms with Crippen LogP contribution >= 0.6 is 11.3 Å². The predicted molar refractivity (Wildman–Crippen MR) is 83.0 cm³/mol. The number of hydrogen-bond acceptors (Lipinski definition) is 4. The Morgan fingerprint density at radius 2 is 2.09 bits per heavy atom. The fourth-order valence-electron chi connectivity index (χ4n) is 2.80. The van der Waals surface area contributed by atoms with Crippen LogP contribution in [0.1, 0.15) is 22.7 Å². The van der Waals surface area contributed by atoms with Crippen LogP contribution < -0.4 is 10.3 Å². The molecule has 0 fully saturated rings. The topological polar surface area (TPSA) is 55.0 Å². The zero-order valence-electron chi connectivity index (χ0n) is 11.7. The van der Waals surface area contributed by atoms with Gasteiger partial charge in [0, 0.05) is 4.88 Å². The van der Waals surface area contributed by atoms with Crippen LogP contribution in [0.25, 0.3) is 10.2 Å². The third-order valence-corrected chi connectivity index (χ3v) is 5.00. The highest BCUT2D eigenvalue weighted by molar-refractivity contribution is 7.18. The molecule has 6 heteroatoms. The molecule has 0 atom stereocenters. The molecule has 1 aliphatic rings. The minimum absolute atomic E-state index is 0.0953. The molecule has 0 amide bonds. The van der Waals surface area contributed by atoms with Gasteiger partial charge in [0.15, 0.2) is 0 Å². The van der Waals surface area contributed by atoms with Gasteiger partial charge in [0.25, 0.3) is 5.56 Å². The van der Waals surface area contributed by atoms with E-state index in [0.29, 0.717) is 11.6 Å². The summed E-state index contributed by atoms with van der Waals surface area (Å²) in [6.45, 7) is 0.152. The number of aromatic amines is 1. The number of nitrogens with zero attached hydrogens (tertiary/aromatic N) is 1. The monoisotopic (exact) mass is 316 g/mol. The Kier molecular flexibility index (Phi) is 3.18. The maximum atomic E-state index is 12.8. The maximum absolute atomic E-state index is 12.8. The second kappa shape index (κ2) is 5.21. The van der Waals surface area contributed by atoms with Crippen molar-refractivity contribution in [3.63, 3.8) is 0 Å². The average molecular weight is 316 g/mol. The van der Waals surface area contributed by atoms with E-state index in [1.54, 1.807) is 23.5 Å². The van der Waals surface area contributed by atoms with Crippen molar-refractivity contribution >= 4 is 21.6 Å². The molecule has 2 aromatic heterocycles. The number of benzene rings is 1. The fraction of sp³-hybridized carbons (Fsp3) is 0.250. The second-order valence-electron chi connectivity index (χ2n) is 5.29. The molecule has 0 unspecified atom stereocenters. The molecule has 0 aliphatic heterocycles. The Hall–Kier alpha value is -2.21. The molecule has 0 saturated heterocycles. The maximum Gasteiger partial charge on any atom is 0.260 e. The van der Waals surface area contributed by atoms with Crippen LogP contribution in [0, 0.1) is 5.82 Å². The molecule has 0 saturated carbocycles. The van der Waals surface area contributed by atoms with Gasteiger partial charge in [-0.25, -0.2) is 9.37 Å². The summed E-state index contributed by atoms with van der Waals surface area (Å²) in [5.41, 5.74) is 1.07. The van der Waals surface area contributed by atoms with Gasteiger partial charge in [0.1, 0.15) is 28.8 Å². The zero-order valence-corrected chi connectivity index (χ0v) is 12.5. The molecular weight excluding hydrogens is 303 g/mol. The lowest BCUT2D eigenvalue weighted by molar-refractivity contribution is 0.295. The average Bonchev–Trinajstić information content (AvgIpc) is 3.06. The molecule has 1 N–H and O–H groups in total. The lowest BCUT2D eigenvalue weighted by Crippen LogP contribution is -2.13. The summed E-state index contributed by atoms with van der Waals surface area (Å²) in [6.07, 6.45) is 3.12. The van der Waals surface area contributed by atoms with Crippen LogP contribution in [0.2, 0.25) is 0 Å². The molecule has 112 valence electrons. The molecule has 1 aliphatic carbocycles. The number of thiophene rings is 1. The first-order valence-electron chi connectivity index (χ1n) is 7.12. The van der Waals surface area contributed by atoms with E-state index in [4.69, 9.17) is 4.74 Å². The van der Waals surface area contributed by atoms with E-state index in [0.717, 1.165) is 29.5 Å². The van der Waals surface area contributed by atoms with Crippen LogP contribution in [0.4, 0.5) is 4.39 Å². The summed E-state index contributed by atoms with van der Waals surface area (Å²) in [7, 11) is 0. The number of H-pyrrole nitrogens is 1. The third-order valence-electron chi connectivity index (χ3n) is 3.81. The summed E-state index contributed by atoms with van der Waals surface area (Å²) in [4.78, 5) is 21.6. The standard InChI is InChI=1S/C16H13FN2O2S/c17-9-4-6-10(7-5-9)21-8-13-18-15(20)14-11-2-1-3-12(11)22-16(14)19-13/h4-7H,1-3,8H2,(H,18,19,20). The molecular formula is C16H13FN2O2S. The van der Waals surface area contributed by atoms with Gasteiger partial charge in [-0.2, -0.15) is 0 Å². The van der Waals surface area contributed by atoms with Gasteiger partial charge in [0.2, 0.25) is 0 Å². The van der Waals surface area contributed by atoms with Gasteiger partial charge in [-0.15, -0.1) is 11.3 Å². The first-order chi connectivity index (χ1) is 10.7. The number of aromatic nitrogens is 2. The predicted octanol–water partition coefficient (Wildman–Crippen LogP) is 3.19. The highest BCUT2D eigenvalue weighted by Gasteiger charge is 2.21. The van der Waals surface area contributed by atoms with Gasteiger partial charge in [-0.1, -0.05) is 0 Å². The zero-order chi connectivity index (χ0) is 15.1. The number of halogens is 1. The number of hydrogen-bond donors (Lipinski definition) is 1. The van der Waals surface area contributed by atoms with Crippen molar-refractivity contribution in [3.8, 4) is 5.75 Å². The molecule has 0 bridgehead atoms. The van der Waals surface area contributed by atoms with Gasteiger partial charge in [-0.3, -0.25) is 4.79 Å². The summed E-state index contributed by atoms with van der Waals surface area (Å²) in [5, 5.41) is 0.739. The van der Waals surface area contributed by atoms with Crippen molar-refractivity contribution < 1.29 is 9.13 Å². The Bertz CT molecular complexity index is 899. The number of aryl methyl sites for hydroxylation is 2. The third kappa shape index (κ3) is 2.29. The van der Waals surface area contributed by atoms with Crippen molar-refractivity contribution in [1.29, 1.82) is 0 Å². The highest BCUT2D eigenvalue weighted by atomic mass is 32.1. The van der Waals surface area contributed by atoms with Crippen molar-refractivity contribution in [2.75, 3.05) is 0 Å². The normalized spacial score (nSPS) is 13.5. The molecule has 1 aromatic carbocycles. The second-order valence-corrected chi connectivity index (χ2v) is 6.38. The Morgan fingerprint density at radius 3 is 2.91 bits per heavy atom. The van der Waals surface area contributed by atoms with E-state index >= 15 is 0 Å². The smallest absolute Gasteiger partial charge is 0.260 e. The first-order valence-corrected chi connectivity index (χ1v) is 7.94. The molecule has 4 rings (SSSR count). The Morgan fingerprint density at radius 1 is 1.27 bits per heavy atom. The van der Waals surface area contributed by atoms with Crippen LogP contribution in [0.3, 0.4) is 0 Å². The highest BCUT2D eigenvalue weighted by Crippen LogP contribution is 2.34. The molecule has 2 heterocycles. The minimum Gasteiger partial charge on any atom is -0.486 e. The Balaban J connectivity index is 1.63. The van der Waals surface area contributed by atoms with Gasteiger partial charge in [0.05, 0.1) is 5.39 Å². The van der Waals surface area contributed by atoms with E-state index < -0.39 is 0 Å². The van der Waals surface area contributed by atoms with Crippen molar-refractivity contribution in [2.24, 2.45) is 0 Å². The first kappa shape index (κ1) is 13.5. The number of rotatable bonds is 3. The van der Waals surface area contributed by atoms with E-state index in [1.807, 2.05) is 0 Å². The summed E-state index contributed by atoms with van der Waals surface area (Å²) in [6, 6.07) is 5.76. The molecule has 3 aromatic rings.